The average molecular weight is 476 g/mol. The fourth-order valence-corrected chi connectivity index (χ4v) is 5.26. The molecule has 1 saturated heterocycles. The van der Waals surface area contributed by atoms with Crippen LogP contribution in [0.5, 0.6) is 0 Å². The summed E-state index contributed by atoms with van der Waals surface area (Å²) in [7, 11) is 0. The Morgan fingerprint density at radius 1 is 1.09 bits per heavy atom. The molecule has 35 heavy (non-hydrogen) atoms. The predicted molar refractivity (Wildman–Crippen MR) is 133 cm³/mol. The van der Waals surface area contributed by atoms with E-state index in [1.807, 2.05) is 27.6 Å². The molecule has 0 radical (unpaired) electrons. The van der Waals surface area contributed by atoms with Crippen LogP contribution < -0.4 is 5.32 Å². The van der Waals surface area contributed by atoms with Gasteiger partial charge in [-0.05, 0) is 47.9 Å². The van der Waals surface area contributed by atoms with Crippen LogP contribution in [0.2, 0.25) is 0 Å². The first-order valence-electron chi connectivity index (χ1n) is 12.5. The summed E-state index contributed by atoms with van der Waals surface area (Å²) in [5.41, 5.74) is 4.94. The van der Waals surface area contributed by atoms with Gasteiger partial charge in [-0.25, -0.2) is 4.98 Å². The Morgan fingerprint density at radius 2 is 1.86 bits per heavy atom. The van der Waals surface area contributed by atoms with Crippen LogP contribution in [0.25, 0.3) is 5.65 Å². The Kier molecular flexibility index (Phi) is 6.83. The number of pyridine rings is 1. The molecule has 0 spiro atoms. The van der Waals surface area contributed by atoms with Crippen molar-refractivity contribution in [1.29, 1.82) is 0 Å². The summed E-state index contributed by atoms with van der Waals surface area (Å²) in [6.07, 6.45) is 5.99. The van der Waals surface area contributed by atoms with Gasteiger partial charge in [-0.1, -0.05) is 30.3 Å². The number of carbonyl (C=O) groups excluding carboxylic acids is 2. The number of piperidine rings is 1. The molecule has 0 aliphatic carbocycles. The number of β-amino-alcohol motifs (C(OH)–C–C–N with tert-alkyl or cyclic N) is 1. The highest BCUT2D eigenvalue weighted by molar-refractivity contribution is 5.92. The maximum absolute atomic E-state index is 12.7. The van der Waals surface area contributed by atoms with Gasteiger partial charge in [0.05, 0.1) is 6.10 Å². The van der Waals surface area contributed by atoms with E-state index in [4.69, 9.17) is 0 Å². The smallest absolute Gasteiger partial charge is 0.271 e. The van der Waals surface area contributed by atoms with Crippen molar-refractivity contribution in [1.82, 2.24) is 24.5 Å². The summed E-state index contributed by atoms with van der Waals surface area (Å²) in [5.74, 6) is 0.246. The van der Waals surface area contributed by atoms with Crippen molar-refractivity contribution in [2.45, 2.75) is 44.8 Å². The number of likely N-dealkylation sites (tertiary alicyclic amines) is 1. The third kappa shape index (κ3) is 5.39. The van der Waals surface area contributed by atoms with E-state index in [-0.39, 0.29) is 18.4 Å². The van der Waals surface area contributed by atoms with Gasteiger partial charge in [0.1, 0.15) is 11.3 Å². The van der Waals surface area contributed by atoms with E-state index in [0.29, 0.717) is 23.8 Å². The lowest BCUT2D eigenvalue weighted by atomic mass is 9.90. The molecule has 1 atom stereocenters. The summed E-state index contributed by atoms with van der Waals surface area (Å²) < 4.78 is 1.89. The molecule has 5 rings (SSSR count). The Bertz CT molecular complexity index is 1210. The highest BCUT2D eigenvalue weighted by Crippen LogP contribution is 2.28. The van der Waals surface area contributed by atoms with Gasteiger partial charge in [0.2, 0.25) is 5.91 Å². The van der Waals surface area contributed by atoms with Gasteiger partial charge in [-0.15, -0.1) is 0 Å². The number of amides is 2. The summed E-state index contributed by atoms with van der Waals surface area (Å²) in [5, 5.41) is 13.3. The fraction of sp³-hybridized carbons (Fsp3) is 0.444. The molecule has 0 saturated carbocycles. The van der Waals surface area contributed by atoms with Crippen molar-refractivity contribution in [3.63, 3.8) is 0 Å². The maximum Gasteiger partial charge on any atom is 0.271 e. The third-order valence-corrected chi connectivity index (χ3v) is 7.30. The van der Waals surface area contributed by atoms with Crippen LogP contribution in [0.1, 0.15) is 52.9 Å². The number of rotatable bonds is 6. The number of imidazole rings is 1. The molecule has 1 aromatic carbocycles. The Morgan fingerprint density at radius 3 is 2.63 bits per heavy atom. The monoisotopic (exact) mass is 475 g/mol. The average Bonchev–Trinajstić information content (AvgIpc) is 3.31. The van der Waals surface area contributed by atoms with Crippen LogP contribution in [-0.4, -0.2) is 74.9 Å². The minimum Gasteiger partial charge on any atom is -0.390 e. The van der Waals surface area contributed by atoms with Gasteiger partial charge in [0.15, 0.2) is 0 Å². The van der Waals surface area contributed by atoms with Crippen LogP contribution in [0.15, 0.2) is 48.8 Å². The largest absolute Gasteiger partial charge is 0.390 e. The zero-order valence-electron chi connectivity index (χ0n) is 20.2. The number of fused-ring (bicyclic) bond motifs is 2. The summed E-state index contributed by atoms with van der Waals surface area (Å²) >= 11 is 0. The number of nitrogens with zero attached hydrogens (tertiary/aromatic N) is 4. The zero-order chi connectivity index (χ0) is 24.4. The van der Waals surface area contributed by atoms with Crippen molar-refractivity contribution in [2.75, 3.05) is 32.7 Å². The van der Waals surface area contributed by atoms with Crippen LogP contribution in [0.4, 0.5) is 0 Å². The van der Waals surface area contributed by atoms with E-state index < -0.39 is 6.10 Å². The molecule has 2 aromatic heterocycles. The van der Waals surface area contributed by atoms with Crippen LogP contribution in [-0.2, 0) is 17.8 Å². The van der Waals surface area contributed by atoms with Gasteiger partial charge in [-0.2, -0.15) is 0 Å². The molecule has 2 N–H and O–H groups in total. The van der Waals surface area contributed by atoms with Gasteiger partial charge >= 0.3 is 0 Å². The first kappa shape index (κ1) is 23.5. The second-order valence-electron chi connectivity index (χ2n) is 9.75. The lowest BCUT2D eigenvalue weighted by Crippen LogP contribution is -2.42. The maximum atomic E-state index is 12.7. The predicted octanol–water partition coefficient (Wildman–Crippen LogP) is 2.21. The Labute approximate surface area is 205 Å². The van der Waals surface area contributed by atoms with E-state index in [0.717, 1.165) is 45.4 Å². The molecule has 2 aliphatic heterocycles. The van der Waals surface area contributed by atoms with E-state index in [1.54, 1.807) is 13.1 Å². The number of benzene rings is 1. The molecular weight excluding hydrogens is 442 g/mol. The first-order valence-corrected chi connectivity index (χ1v) is 12.5. The minimum absolute atomic E-state index is 0.135. The number of aliphatic hydroxyl groups excluding tert-OH is 1. The van der Waals surface area contributed by atoms with Crippen LogP contribution in [0, 0.1) is 0 Å². The zero-order valence-corrected chi connectivity index (χ0v) is 20.2. The van der Waals surface area contributed by atoms with Crippen LogP contribution >= 0.6 is 0 Å². The van der Waals surface area contributed by atoms with Crippen molar-refractivity contribution < 1.29 is 14.7 Å². The highest BCUT2D eigenvalue weighted by Gasteiger charge is 2.23. The number of aliphatic hydroxyl groups is 1. The van der Waals surface area contributed by atoms with Crippen LogP contribution in [0.3, 0.4) is 0 Å². The van der Waals surface area contributed by atoms with E-state index in [2.05, 4.69) is 39.5 Å². The summed E-state index contributed by atoms with van der Waals surface area (Å²) in [6, 6.07) is 12.4. The van der Waals surface area contributed by atoms with Crippen molar-refractivity contribution in [3.8, 4) is 0 Å². The number of carbonyl (C=O) groups is 2. The highest BCUT2D eigenvalue weighted by atomic mass is 16.3. The number of aromatic nitrogens is 2. The quantitative estimate of drug-likeness (QED) is 0.571. The molecule has 4 heterocycles. The van der Waals surface area contributed by atoms with Gasteiger partial charge in [0, 0.05) is 58.6 Å². The molecular formula is C27H33N5O3. The number of hydrogen-bond donors (Lipinski definition) is 2. The second kappa shape index (κ2) is 10.2. The molecule has 3 aromatic rings. The topological polar surface area (TPSA) is 90.2 Å². The summed E-state index contributed by atoms with van der Waals surface area (Å²) in [4.78, 5) is 32.9. The standard InChI is InChI=1S/C27H33N5O3/c1-19(33)31-12-9-21(10-13-31)23-6-7-26-29-25(18-32(26)16-23)27(35)28-14-24(34)17-30-11-8-20-4-2-3-5-22(20)15-30/h2-7,16,18,21,24,34H,8-15,17H2,1H3,(H,28,35)/t24-/m0/s1. The molecule has 8 heteroatoms. The lowest BCUT2D eigenvalue weighted by Gasteiger charge is -2.31. The Hall–Kier alpha value is -3.23. The van der Waals surface area contributed by atoms with E-state index in [9.17, 15) is 14.7 Å². The Balaban J connectivity index is 1.15. The lowest BCUT2D eigenvalue weighted by molar-refractivity contribution is -0.129. The summed E-state index contributed by atoms with van der Waals surface area (Å²) in [6.45, 7) is 5.62. The molecule has 0 unspecified atom stereocenters. The molecule has 2 aliphatic rings. The molecule has 8 nitrogen and oxygen atoms in total. The van der Waals surface area contributed by atoms with Gasteiger partial charge in [-0.3, -0.25) is 14.5 Å². The fourth-order valence-electron chi connectivity index (χ4n) is 5.26. The SMILES string of the molecule is CC(=O)N1CCC(c2ccc3nc(C(=O)NC[C@H](O)CN4CCc5ccccc5C4)cn3c2)CC1. The first-order chi connectivity index (χ1) is 17.0. The third-order valence-electron chi connectivity index (χ3n) is 7.30. The second-order valence-corrected chi connectivity index (χ2v) is 9.75. The van der Waals surface area contributed by atoms with Crippen molar-refractivity contribution in [2.24, 2.45) is 0 Å². The van der Waals surface area contributed by atoms with E-state index >= 15 is 0 Å². The van der Waals surface area contributed by atoms with Crippen molar-refractivity contribution in [3.05, 3.63) is 71.2 Å². The molecule has 2 amide bonds. The normalized spacial score (nSPS) is 17.8. The van der Waals surface area contributed by atoms with Crippen molar-refractivity contribution >= 4 is 17.5 Å². The van der Waals surface area contributed by atoms with Gasteiger partial charge < -0.3 is 19.7 Å². The van der Waals surface area contributed by atoms with Gasteiger partial charge in [0.25, 0.3) is 5.91 Å². The molecule has 184 valence electrons. The molecule has 0 bridgehead atoms. The minimum atomic E-state index is -0.645. The molecule has 1 fully saturated rings. The number of hydrogen-bond acceptors (Lipinski definition) is 5. The number of nitrogens with one attached hydrogen (secondary N) is 1. The van der Waals surface area contributed by atoms with E-state index in [1.165, 1.54) is 16.7 Å².